The van der Waals surface area contributed by atoms with Gasteiger partial charge in [0.05, 0.1) is 11.8 Å². The number of hydrogen-bond donors (Lipinski definition) is 1. The third kappa shape index (κ3) is 4.53. The van der Waals surface area contributed by atoms with Crippen molar-refractivity contribution in [2.24, 2.45) is 11.7 Å². The Hall–Kier alpha value is -1.29. The van der Waals surface area contributed by atoms with Crippen molar-refractivity contribution in [2.45, 2.75) is 39.0 Å². The predicted molar refractivity (Wildman–Crippen MR) is 69.8 cm³/mol. The van der Waals surface area contributed by atoms with Crippen LogP contribution in [0.5, 0.6) is 0 Å². The Morgan fingerprint density at radius 2 is 2.22 bits per heavy atom. The average molecular weight is 252 g/mol. The van der Waals surface area contributed by atoms with Crippen molar-refractivity contribution in [1.29, 1.82) is 0 Å². The Bertz CT molecular complexity index is 376. The highest BCUT2D eigenvalue weighted by atomic mass is 19.1. The molecule has 1 rings (SSSR count). The summed E-state index contributed by atoms with van der Waals surface area (Å²) in [6.07, 6.45) is 6.78. The van der Waals surface area contributed by atoms with Crippen LogP contribution in [-0.4, -0.2) is 17.3 Å². The average Bonchev–Trinajstić information content (AvgIpc) is 2.36. The molecule has 0 radical (unpaired) electrons. The van der Waals surface area contributed by atoms with Crippen molar-refractivity contribution in [2.75, 3.05) is 6.54 Å². The molecule has 1 aromatic rings. The van der Waals surface area contributed by atoms with Crippen molar-refractivity contribution in [3.8, 4) is 0 Å². The van der Waals surface area contributed by atoms with E-state index >= 15 is 0 Å². The molecule has 0 aliphatic heterocycles. The number of aromatic nitrogens is 1. The molecule has 0 bridgehead atoms. The first-order valence-corrected chi connectivity index (χ1v) is 6.51. The fraction of sp³-hybridized carbons (Fsp3) is 0.571. The normalized spacial score (nSPS) is 12.4. The van der Waals surface area contributed by atoms with E-state index in [1.165, 1.54) is 12.3 Å². The van der Waals surface area contributed by atoms with Crippen molar-refractivity contribution in [3.63, 3.8) is 0 Å². The zero-order valence-electron chi connectivity index (χ0n) is 10.9. The minimum atomic E-state index is -0.534. The Kier molecular flexibility index (Phi) is 6.50. The lowest BCUT2D eigenvalue weighted by molar-refractivity contribution is 0.0968. The van der Waals surface area contributed by atoms with Gasteiger partial charge in [-0.05, 0) is 31.4 Å². The molecule has 4 heteroatoms. The van der Waals surface area contributed by atoms with E-state index in [0.717, 1.165) is 31.9 Å². The Labute approximate surface area is 108 Å². The summed E-state index contributed by atoms with van der Waals surface area (Å²) < 4.78 is 13.4. The van der Waals surface area contributed by atoms with Crippen LogP contribution in [0.2, 0.25) is 0 Å². The van der Waals surface area contributed by atoms with E-state index < -0.39 is 5.82 Å². The monoisotopic (exact) mass is 252 g/mol. The lowest BCUT2D eigenvalue weighted by Crippen LogP contribution is -2.11. The first kappa shape index (κ1) is 14.8. The topological polar surface area (TPSA) is 56.0 Å². The van der Waals surface area contributed by atoms with Gasteiger partial charge in [-0.2, -0.15) is 0 Å². The molecule has 2 N–H and O–H groups in total. The van der Waals surface area contributed by atoms with Crippen molar-refractivity contribution >= 4 is 5.78 Å². The highest BCUT2D eigenvalue weighted by Gasteiger charge is 2.14. The molecule has 0 aliphatic carbocycles. The Balaban J connectivity index is 2.52. The highest BCUT2D eigenvalue weighted by molar-refractivity contribution is 5.96. The molecule has 0 aromatic carbocycles. The van der Waals surface area contributed by atoms with Gasteiger partial charge in [-0.25, -0.2) is 4.39 Å². The second-order valence-electron chi connectivity index (χ2n) is 4.55. The first-order valence-electron chi connectivity index (χ1n) is 6.51. The largest absolute Gasteiger partial charge is 0.330 e. The fourth-order valence-corrected chi connectivity index (χ4v) is 2.15. The van der Waals surface area contributed by atoms with Crippen LogP contribution in [0.15, 0.2) is 18.5 Å². The minimum absolute atomic E-state index is 0.145. The number of halogens is 1. The number of pyridine rings is 1. The van der Waals surface area contributed by atoms with Gasteiger partial charge in [-0.1, -0.05) is 19.8 Å². The lowest BCUT2D eigenvalue weighted by Gasteiger charge is -2.14. The van der Waals surface area contributed by atoms with Crippen LogP contribution >= 0.6 is 0 Å². The smallest absolute Gasteiger partial charge is 0.165 e. The van der Waals surface area contributed by atoms with Gasteiger partial charge in [0.15, 0.2) is 11.6 Å². The summed E-state index contributed by atoms with van der Waals surface area (Å²) in [7, 11) is 0. The molecule has 1 atom stereocenters. The first-order chi connectivity index (χ1) is 8.69. The van der Waals surface area contributed by atoms with E-state index in [9.17, 15) is 9.18 Å². The van der Waals surface area contributed by atoms with E-state index in [0.29, 0.717) is 18.9 Å². The molecular formula is C14H21FN2O. The van der Waals surface area contributed by atoms with Crippen LogP contribution in [0.4, 0.5) is 4.39 Å². The number of rotatable bonds is 8. The second-order valence-corrected chi connectivity index (χ2v) is 4.55. The lowest BCUT2D eigenvalue weighted by atomic mass is 9.92. The maximum absolute atomic E-state index is 13.4. The SMILES string of the molecule is CCCC(CCN)CCC(=O)c1ccncc1F. The summed E-state index contributed by atoms with van der Waals surface area (Å²) in [4.78, 5) is 15.5. The number of hydrogen-bond acceptors (Lipinski definition) is 3. The summed E-state index contributed by atoms with van der Waals surface area (Å²) in [5.41, 5.74) is 5.69. The minimum Gasteiger partial charge on any atom is -0.330 e. The van der Waals surface area contributed by atoms with Crippen LogP contribution in [0.1, 0.15) is 49.4 Å². The fourth-order valence-electron chi connectivity index (χ4n) is 2.15. The Morgan fingerprint density at radius 1 is 1.44 bits per heavy atom. The maximum atomic E-state index is 13.4. The molecule has 18 heavy (non-hydrogen) atoms. The quantitative estimate of drug-likeness (QED) is 0.724. The molecule has 1 aromatic heterocycles. The van der Waals surface area contributed by atoms with Gasteiger partial charge in [0.1, 0.15) is 0 Å². The Morgan fingerprint density at radius 3 is 2.83 bits per heavy atom. The number of nitrogens with zero attached hydrogens (tertiary/aromatic N) is 1. The number of ketones is 1. The van der Waals surface area contributed by atoms with Gasteiger partial charge >= 0.3 is 0 Å². The zero-order chi connectivity index (χ0) is 13.4. The van der Waals surface area contributed by atoms with E-state index in [1.807, 2.05) is 0 Å². The van der Waals surface area contributed by atoms with E-state index in [2.05, 4.69) is 11.9 Å². The molecule has 1 unspecified atom stereocenters. The molecule has 1 heterocycles. The van der Waals surface area contributed by atoms with Crippen LogP contribution in [0, 0.1) is 11.7 Å². The van der Waals surface area contributed by atoms with Gasteiger partial charge in [-0.3, -0.25) is 9.78 Å². The number of nitrogens with two attached hydrogens (primary N) is 1. The molecule has 0 aliphatic rings. The van der Waals surface area contributed by atoms with E-state index in [1.54, 1.807) is 0 Å². The van der Waals surface area contributed by atoms with Crippen LogP contribution in [0.25, 0.3) is 0 Å². The standard InChI is InChI=1S/C14H21FN2O/c1-2-3-11(6-8-16)4-5-14(18)12-7-9-17-10-13(12)15/h7,9-11H,2-6,8,16H2,1H3. The molecule has 0 fully saturated rings. The summed E-state index contributed by atoms with van der Waals surface area (Å²) >= 11 is 0. The third-order valence-electron chi connectivity index (χ3n) is 3.12. The molecule has 0 amide bonds. The van der Waals surface area contributed by atoms with Gasteiger partial charge < -0.3 is 5.73 Å². The van der Waals surface area contributed by atoms with Gasteiger partial charge in [0.25, 0.3) is 0 Å². The van der Waals surface area contributed by atoms with Gasteiger partial charge in [0, 0.05) is 12.6 Å². The molecular weight excluding hydrogens is 231 g/mol. The third-order valence-corrected chi connectivity index (χ3v) is 3.12. The highest BCUT2D eigenvalue weighted by Crippen LogP contribution is 2.19. The van der Waals surface area contributed by atoms with E-state index in [-0.39, 0.29) is 11.3 Å². The molecule has 0 spiro atoms. The summed E-state index contributed by atoms with van der Waals surface area (Å²) in [6.45, 7) is 2.76. The molecule has 0 saturated carbocycles. The number of Topliss-reactive ketones (excluding diaryl/α,β-unsaturated/α-hetero) is 1. The summed E-state index contributed by atoms with van der Waals surface area (Å²) in [5, 5.41) is 0. The zero-order valence-corrected chi connectivity index (χ0v) is 10.9. The van der Waals surface area contributed by atoms with Crippen molar-refractivity contribution in [1.82, 2.24) is 4.98 Å². The van der Waals surface area contributed by atoms with E-state index in [4.69, 9.17) is 5.73 Å². The summed E-state index contributed by atoms with van der Waals surface area (Å²) in [6, 6.07) is 1.44. The van der Waals surface area contributed by atoms with Crippen LogP contribution < -0.4 is 5.73 Å². The number of carbonyl (C=O) groups excluding carboxylic acids is 1. The van der Waals surface area contributed by atoms with Crippen LogP contribution in [0.3, 0.4) is 0 Å². The molecule has 0 saturated heterocycles. The maximum Gasteiger partial charge on any atom is 0.165 e. The van der Waals surface area contributed by atoms with Crippen molar-refractivity contribution in [3.05, 3.63) is 29.8 Å². The van der Waals surface area contributed by atoms with Gasteiger partial charge in [-0.15, -0.1) is 0 Å². The predicted octanol–water partition coefficient (Wildman–Crippen LogP) is 2.95. The van der Waals surface area contributed by atoms with Crippen LogP contribution in [-0.2, 0) is 0 Å². The summed E-state index contributed by atoms with van der Waals surface area (Å²) in [5.74, 6) is -0.213. The number of carbonyl (C=O) groups is 1. The van der Waals surface area contributed by atoms with Crippen molar-refractivity contribution < 1.29 is 9.18 Å². The molecule has 100 valence electrons. The molecule has 3 nitrogen and oxygen atoms in total. The second kappa shape index (κ2) is 7.93. The van der Waals surface area contributed by atoms with Gasteiger partial charge in [0.2, 0.25) is 0 Å².